The van der Waals surface area contributed by atoms with Gasteiger partial charge in [-0.3, -0.25) is 0 Å². The van der Waals surface area contributed by atoms with Gasteiger partial charge in [0, 0.05) is 10.8 Å². The third-order valence-electron chi connectivity index (χ3n) is 13.2. The monoisotopic (exact) mass is 652 g/mol. The fraction of sp³-hybridized carbons (Fsp3) is 0.176. The van der Waals surface area contributed by atoms with Gasteiger partial charge in [0.25, 0.3) is 0 Å². The van der Waals surface area contributed by atoms with Crippen LogP contribution in [-0.4, -0.2) is 0 Å². The molecule has 1 spiro atoms. The van der Waals surface area contributed by atoms with Crippen molar-refractivity contribution in [3.63, 3.8) is 0 Å². The first-order valence-electron chi connectivity index (χ1n) is 18.5. The molecule has 0 atom stereocenters. The molecule has 0 heteroatoms. The second-order valence-corrected chi connectivity index (χ2v) is 16.7. The number of hydrogen-bond acceptors (Lipinski definition) is 0. The summed E-state index contributed by atoms with van der Waals surface area (Å²) in [6, 6.07) is 51.9. The van der Waals surface area contributed by atoms with Crippen molar-refractivity contribution in [2.75, 3.05) is 0 Å². The molecule has 0 amide bonds. The molecule has 0 saturated carbocycles. The molecule has 0 bridgehead atoms. The first-order valence-corrected chi connectivity index (χ1v) is 18.5. The normalized spacial score (nSPS) is 16.5. The summed E-state index contributed by atoms with van der Waals surface area (Å²) in [6.45, 7) is 14.1. The Hall–Kier alpha value is -5.46. The number of rotatable bonds is 1. The van der Waals surface area contributed by atoms with Crippen LogP contribution in [0.15, 0.2) is 133 Å². The van der Waals surface area contributed by atoms with Crippen molar-refractivity contribution in [1.29, 1.82) is 0 Å². The van der Waals surface area contributed by atoms with E-state index < -0.39 is 0 Å². The molecule has 244 valence electrons. The van der Waals surface area contributed by atoms with Crippen molar-refractivity contribution < 1.29 is 0 Å². The lowest BCUT2D eigenvalue weighted by atomic mass is 9.70. The van der Waals surface area contributed by atoms with Gasteiger partial charge in [0.05, 0.1) is 5.41 Å². The van der Waals surface area contributed by atoms with Gasteiger partial charge in [-0.05, 0) is 138 Å². The Bertz CT molecular complexity index is 2670. The summed E-state index contributed by atoms with van der Waals surface area (Å²) >= 11 is 0. The van der Waals surface area contributed by atoms with Crippen LogP contribution in [0.4, 0.5) is 0 Å². The maximum absolute atomic E-state index is 2.53. The Labute approximate surface area is 301 Å². The van der Waals surface area contributed by atoms with Gasteiger partial charge in [0.15, 0.2) is 0 Å². The van der Waals surface area contributed by atoms with Crippen LogP contribution in [0.25, 0.3) is 55.6 Å². The van der Waals surface area contributed by atoms with Crippen LogP contribution < -0.4 is 0 Å². The Morgan fingerprint density at radius 3 is 1.18 bits per heavy atom. The van der Waals surface area contributed by atoms with Crippen molar-refractivity contribution in [2.24, 2.45) is 0 Å². The van der Waals surface area contributed by atoms with E-state index in [-0.39, 0.29) is 16.2 Å². The topological polar surface area (TPSA) is 0 Å². The maximum Gasteiger partial charge on any atom is 0.0725 e. The highest BCUT2D eigenvalue weighted by Crippen LogP contribution is 2.63. The Morgan fingerprint density at radius 1 is 0.294 bits per heavy atom. The minimum Gasteiger partial charge on any atom is -0.0619 e. The summed E-state index contributed by atoms with van der Waals surface area (Å²) in [4.78, 5) is 0. The van der Waals surface area contributed by atoms with Gasteiger partial charge < -0.3 is 0 Å². The third kappa shape index (κ3) is 3.46. The van der Waals surface area contributed by atoms with Gasteiger partial charge in [-0.25, -0.2) is 0 Å². The summed E-state index contributed by atoms with van der Waals surface area (Å²) in [6.07, 6.45) is 0. The average molecular weight is 653 g/mol. The van der Waals surface area contributed by atoms with Crippen molar-refractivity contribution in [1.82, 2.24) is 0 Å². The van der Waals surface area contributed by atoms with Crippen LogP contribution in [0, 0.1) is 13.8 Å². The molecule has 7 aromatic rings. The first kappa shape index (κ1) is 29.3. The van der Waals surface area contributed by atoms with Crippen LogP contribution in [-0.2, 0) is 16.2 Å². The second kappa shape index (κ2) is 9.45. The quantitative estimate of drug-likeness (QED) is 0.166. The van der Waals surface area contributed by atoms with Gasteiger partial charge in [-0.2, -0.15) is 0 Å². The standard InChI is InChI=1S/C51H40/c1-29-16-20-37-39-27-46-40(28-45(39)49(3,4)43(37)23-29)38-22-18-31(25-44(38)50(46,5)6)32-17-21-36-35-19-15-30(2)24-47(35)51(48(36)26-32)41-13-9-7-11-33(41)34-12-8-10-14-42(34)51/h7-28H,1-6H3. The fourth-order valence-corrected chi connectivity index (χ4v) is 10.7. The van der Waals surface area contributed by atoms with Gasteiger partial charge in [0.2, 0.25) is 0 Å². The van der Waals surface area contributed by atoms with E-state index in [1.165, 1.54) is 111 Å². The zero-order valence-electron chi connectivity index (χ0n) is 30.2. The molecule has 0 fully saturated rings. The van der Waals surface area contributed by atoms with Crippen LogP contribution in [0.2, 0.25) is 0 Å². The highest BCUT2D eigenvalue weighted by molar-refractivity contribution is 5.97. The van der Waals surface area contributed by atoms with E-state index in [1.54, 1.807) is 0 Å². The van der Waals surface area contributed by atoms with Gasteiger partial charge in [-0.15, -0.1) is 0 Å². The summed E-state index contributed by atoms with van der Waals surface area (Å²) in [5.74, 6) is 0. The van der Waals surface area contributed by atoms with E-state index in [0.29, 0.717) is 0 Å². The predicted molar refractivity (Wildman–Crippen MR) is 213 cm³/mol. The Morgan fingerprint density at radius 2 is 0.647 bits per heavy atom. The largest absolute Gasteiger partial charge is 0.0725 e. The van der Waals surface area contributed by atoms with Crippen molar-refractivity contribution in [3.05, 3.63) is 189 Å². The molecule has 4 aliphatic carbocycles. The van der Waals surface area contributed by atoms with Crippen LogP contribution in [0.5, 0.6) is 0 Å². The molecule has 0 heterocycles. The van der Waals surface area contributed by atoms with Gasteiger partial charge >= 0.3 is 0 Å². The molecule has 0 aromatic heterocycles. The summed E-state index contributed by atoms with van der Waals surface area (Å²) in [7, 11) is 0. The number of aryl methyl sites for hydroxylation is 2. The van der Waals surface area contributed by atoms with E-state index in [0.717, 1.165) is 0 Å². The molecule has 11 rings (SSSR count). The molecule has 4 aliphatic rings. The molecule has 51 heavy (non-hydrogen) atoms. The highest BCUT2D eigenvalue weighted by Gasteiger charge is 2.51. The van der Waals surface area contributed by atoms with Crippen LogP contribution >= 0.6 is 0 Å². The van der Waals surface area contributed by atoms with E-state index in [4.69, 9.17) is 0 Å². The third-order valence-corrected chi connectivity index (χ3v) is 13.2. The van der Waals surface area contributed by atoms with E-state index >= 15 is 0 Å². The minimum absolute atomic E-state index is 0.0213. The molecule has 0 nitrogen and oxygen atoms in total. The van der Waals surface area contributed by atoms with E-state index in [9.17, 15) is 0 Å². The Balaban J connectivity index is 1.10. The van der Waals surface area contributed by atoms with Crippen molar-refractivity contribution in [3.8, 4) is 55.6 Å². The fourth-order valence-electron chi connectivity index (χ4n) is 10.7. The molecular formula is C51H40. The maximum atomic E-state index is 2.53. The van der Waals surface area contributed by atoms with Crippen molar-refractivity contribution in [2.45, 2.75) is 57.8 Å². The SMILES string of the molecule is Cc1ccc2c(c1)C(C)(C)c1cc3c(cc1-2)C(C)(C)c1cc(-c2ccc4c(c2)C2(c5ccccc5-c5ccccc52)c2cc(C)ccc2-4)ccc1-3. The lowest BCUT2D eigenvalue weighted by molar-refractivity contribution is 0.652. The summed E-state index contributed by atoms with van der Waals surface area (Å²) in [5, 5.41) is 0. The second-order valence-electron chi connectivity index (χ2n) is 16.7. The zero-order valence-corrected chi connectivity index (χ0v) is 30.2. The van der Waals surface area contributed by atoms with E-state index in [2.05, 4.69) is 175 Å². The Kier molecular flexibility index (Phi) is 5.43. The molecule has 0 radical (unpaired) electrons. The predicted octanol–water partition coefficient (Wildman–Crippen LogP) is 12.9. The lowest BCUT2D eigenvalue weighted by Gasteiger charge is -2.31. The van der Waals surface area contributed by atoms with Crippen molar-refractivity contribution >= 4 is 0 Å². The number of hydrogen-bond donors (Lipinski definition) is 0. The lowest BCUT2D eigenvalue weighted by Crippen LogP contribution is -2.26. The van der Waals surface area contributed by atoms with Gasteiger partial charge in [0.1, 0.15) is 0 Å². The average Bonchev–Trinajstić information content (AvgIpc) is 3.75. The summed E-state index contributed by atoms with van der Waals surface area (Å²) < 4.78 is 0. The molecule has 0 saturated heterocycles. The summed E-state index contributed by atoms with van der Waals surface area (Å²) in [5.41, 5.74) is 27.1. The minimum atomic E-state index is -0.339. The molecule has 0 unspecified atom stereocenters. The number of benzene rings is 7. The molecular weight excluding hydrogens is 613 g/mol. The highest BCUT2D eigenvalue weighted by atomic mass is 14.5. The van der Waals surface area contributed by atoms with E-state index in [1.807, 2.05) is 0 Å². The number of fused-ring (bicyclic) bond motifs is 16. The van der Waals surface area contributed by atoms with Gasteiger partial charge in [-0.1, -0.05) is 148 Å². The van der Waals surface area contributed by atoms with Crippen LogP contribution in [0.3, 0.4) is 0 Å². The molecule has 7 aromatic carbocycles. The smallest absolute Gasteiger partial charge is 0.0619 e. The first-order chi connectivity index (χ1) is 24.6. The molecule has 0 aliphatic heterocycles. The molecule has 0 N–H and O–H groups in total. The van der Waals surface area contributed by atoms with Crippen LogP contribution in [0.1, 0.15) is 83.3 Å². The zero-order chi connectivity index (χ0) is 34.6.